The number of ether oxygens (including phenoxy) is 1. The first-order chi connectivity index (χ1) is 13.7. The van der Waals surface area contributed by atoms with Crippen LogP contribution in [0, 0.1) is 0 Å². The number of imidazole rings is 1. The lowest BCUT2D eigenvalue weighted by Gasteiger charge is -2.35. The molecule has 146 valence electrons. The Labute approximate surface area is 165 Å². The molecule has 2 aromatic carbocycles. The van der Waals surface area contributed by atoms with E-state index < -0.39 is 0 Å². The van der Waals surface area contributed by atoms with Crippen LogP contribution in [-0.2, 0) is 18.3 Å². The number of rotatable bonds is 5. The average Bonchev–Trinajstić information content (AvgIpc) is 3.09. The van der Waals surface area contributed by atoms with Crippen LogP contribution in [0.2, 0.25) is 0 Å². The Hall–Kier alpha value is -3.02. The van der Waals surface area contributed by atoms with Gasteiger partial charge < -0.3 is 19.1 Å². The zero-order valence-corrected chi connectivity index (χ0v) is 16.5. The summed E-state index contributed by atoms with van der Waals surface area (Å²) in [5.74, 6) is 2.04. The van der Waals surface area contributed by atoms with Crippen LogP contribution in [0.15, 0.2) is 48.5 Å². The van der Waals surface area contributed by atoms with Gasteiger partial charge in [-0.15, -0.1) is 0 Å². The number of methoxy groups -OCH3 is 1. The van der Waals surface area contributed by atoms with Gasteiger partial charge in [-0.1, -0.05) is 24.3 Å². The van der Waals surface area contributed by atoms with Crippen LogP contribution in [0.4, 0.5) is 5.95 Å². The number of nitrogens with zero attached hydrogens (tertiary/aromatic N) is 4. The number of piperazine rings is 1. The van der Waals surface area contributed by atoms with E-state index in [0.717, 1.165) is 60.9 Å². The molecule has 2 heterocycles. The molecule has 0 atom stereocenters. The van der Waals surface area contributed by atoms with Gasteiger partial charge in [0.25, 0.3) is 0 Å². The Morgan fingerprint density at radius 1 is 1.04 bits per heavy atom. The first-order valence-corrected chi connectivity index (χ1v) is 9.73. The molecule has 0 bridgehead atoms. The number of hydrogen-bond acceptors (Lipinski definition) is 4. The molecule has 1 amide bonds. The molecule has 0 saturated carbocycles. The van der Waals surface area contributed by atoms with Crippen molar-refractivity contribution in [1.82, 2.24) is 14.5 Å². The summed E-state index contributed by atoms with van der Waals surface area (Å²) < 4.78 is 7.31. The molecule has 1 fully saturated rings. The molecule has 0 radical (unpaired) electrons. The smallest absolute Gasteiger partial charge is 0.223 e. The van der Waals surface area contributed by atoms with Crippen molar-refractivity contribution in [2.45, 2.75) is 12.8 Å². The van der Waals surface area contributed by atoms with Crippen molar-refractivity contribution < 1.29 is 9.53 Å². The molecule has 0 spiro atoms. The molecule has 3 aromatic rings. The standard InChI is InChI=1S/C22H26N4O2/c1-24-20-6-4-3-5-19(20)23-22(24)26-15-13-25(14-16-26)21(27)12-9-17-7-10-18(28-2)11-8-17/h3-8,10-11H,9,12-16H2,1-2H3. The van der Waals surface area contributed by atoms with E-state index in [1.165, 1.54) is 0 Å². The summed E-state index contributed by atoms with van der Waals surface area (Å²) >= 11 is 0. The molecule has 6 heteroatoms. The lowest BCUT2D eigenvalue weighted by Crippen LogP contribution is -2.49. The molecule has 1 saturated heterocycles. The fourth-order valence-corrected chi connectivity index (χ4v) is 3.77. The second kappa shape index (κ2) is 7.92. The van der Waals surface area contributed by atoms with Crippen LogP contribution in [0.1, 0.15) is 12.0 Å². The summed E-state index contributed by atoms with van der Waals surface area (Å²) in [7, 11) is 3.71. The van der Waals surface area contributed by atoms with E-state index in [4.69, 9.17) is 9.72 Å². The highest BCUT2D eigenvalue weighted by atomic mass is 16.5. The summed E-state index contributed by atoms with van der Waals surface area (Å²) in [5.41, 5.74) is 3.31. The molecule has 1 aliphatic heterocycles. The number of benzene rings is 2. The van der Waals surface area contributed by atoms with Gasteiger partial charge in [-0.3, -0.25) is 4.79 Å². The number of para-hydroxylation sites is 2. The van der Waals surface area contributed by atoms with Gasteiger partial charge in [-0.05, 0) is 36.2 Å². The number of carbonyl (C=O) groups excluding carboxylic acids is 1. The molecule has 0 aliphatic carbocycles. The van der Waals surface area contributed by atoms with Gasteiger partial charge in [0.1, 0.15) is 5.75 Å². The van der Waals surface area contributed by atoms with Gasteiger partial charge in [0.15, 0.2) is 0 Å². The maximum absolute atomic E-state index is 12.6. The third-order valence-electron chi connectivity index (χ3n) is 5.47. The van der Waals surface area contributed by atoms with Gasteiger partial charge in [0.2, 0.25) is 11.9 Å². The van der Waals surface area contributed by atoms with E-state index in [1.54, 1.807) is 7.11 Å². The molecule has 6 nitrogen and oxygen atoms in total. The van der Waals surface area contributed by atoms with Crippen molar-refractivity contribution in [3.8, 4) is 5.75 Å². The van der Waals surface area contributed by atoms with Crippen LogP contribution in [0.25, 0.3) is 11.0 Å². The summed E-state index contributed by atoms with van der Waals surface area (Å²) in [6, 6.07) is 16.1. The topological polar surface area (TPSA) is 50.6 Å². The first kappa shape index (κ1) is 18.3. The summed E-state index contributed by atoms with van der Waals surface area (Å²) in [6.07, 6.45) is 1.30. The third kappa shape index (κ3) is 3.67. The normalized spacial score (nSPS) is 14.5. The highest BCUT2D eigenvalue weighted by Crippen LogP contribution is 2.22. The van der Waals surface area contributed by atoms with Gasteiger partial charge in [0.05, 0.1) is 18.1 Å². The summed E-state index contributed by atoms with van der Waals surface area (Å²) in [6.45, 7) is 3.10. The molecule has 0 N–H and O–H groups in total. The van der Waals surface area contributed by atoms with Crippen molar-refractivity contribution in [3.63, 3.8) is 0 Å². The molecule has 0 unspecified atom stereocenters. The van der Waals surface area contributed by atoms with Gasteiger partial charge in [0, 0.05) is 39.6 Å². The van der Waals surface area contributed by atoms with E-state index in [2.05, 4.69) is 22.6 Å². The van der Waals surface area contributed by atoms with Gasteiger partial charge in [-0.2, -0.15) is 0 Å². The molecular weight excluding hydrogens is 352 g/mol. The number of anilines is 1. The Balaban J connectivity index is 1.32. The SMILES string of the molecule is COc1ccc(CCC(=O)N2CCN(c3nc4ccccc4n3C)CC2)cc1. The predicted octanol–water partition coefficient (Wildman–Crippen LogP) is 2.86. The number of fused-ring (bicyclic) bond motifs is 1. The maximum atomic E-state index is 12.6. The number of hydrogen-bond donors (Lipinski definition) is 0. The Kier molecular flexibility index (Phi) is 5.19. The van der Waals surface area contributed by atoms with Gasteiger partial charge >= 0.3 is 0 Å². The molecule has 1 aromatic heterocycles. The van der Waals surface area contributed by atoms with Crippen LogP contribution in [0.5, 0.6) is 5.75 Å². The Morgan fingerprint density at radius 3 is 2.43 bits per heavy atom. The largest absolute Gasteiger partial charge is 0.497 e. The molecule has 28 heavy (non-hydrogen) atoms. The lowest BCUT2D eigenvalue weighted by molar-refractivity contribution is -0.131. The Morgan fingerprint density at radius 2 is 1.75 bits per heavy atom. The zero-order chi connectivity index (χ0) is 19.5. The number of aryl methyl sites for hydroxylation is 2. The van der Waals surface area contributed by atoms with Crippen molar-refractivity contribution in [2.75, 3.05) is 38.2 Å². The number of amides is 1. The van der Waals surface area contributed by atoms with E-state index >= 15 is 0 Å². The minimum Gasteiger partial charge on any atom is -0.497 e. The number of carbonyl (C=O) groups is 1. The monoisotopic (exact) mass is 378 g/mol. The minimum absolute atomic E-state index is 0.223. The highest BCUT2D eigenvalue weighted by molar-refractivity contribution is 5.79. The quantitative estimate of drug-likeness (QED) is 0.685. The third-order valence-corrected chi connectivity index (χ3v) is 5.47. The van der Waals surface area contributed by atoms with E-state index in [-0.39, 0.29) is 5.91 Å². The predicted molar refractivity (Wildman–Crippen MR) is 111 cm³/mol. The number of aromatic nitrogens is 2. The average molecular weight is 378 g/mol. The fourth-order valence-electron chi connectivity index (χ4n) is 3.77. The van der Waals surface area contributed by atoms with E-state index in [0.29, 0.717) is 6.42 Å². The first-order valence-electron chi connectivity index (χ1n) is 9.73. The fraction of sp³-hybridized carbons (Fsp3) is 0.364. The van der Waals surface area contributed by atoms with Crippen molar-refractivity contribution in [2.24, 2.45) is 7.05 Å². The van der Waals surface area contributed by atoms with Crippen LogP contribution < -0.4 is 9.64 Å². The van der Waals surface area contributed by atoms with E-state index in [1.807, 2.05) is 47.4 Å². The van der Waals surface area contributed by atoms with E-state index in [9.17, 15) is 4.79 Å². The maximum Gasteiger partial charge on any atom is 0.223 e. The summed E-state index contributed by atoms with van der Waals surface area (Å²) in [5, 5.41) is 0. The van der Waals surface area contributed by atoms with Crippen molar-refractivity contribution >= 4 is 22.9 Å². The molecule has 1 aliphatic rings. The lowest BCUT2D eigenvalue weighted by atomic mass is 10.1. The summed E-state index contributed by atoms with van der Waals surface area (Å²) in [4.78, 5) is 21.6. The van der Waals surface area contributed by atoms with Crippen LogP contribution in [0.3, 0.4) is 0 Å². The zero-order valence-electron chi connectivity index (χ0n) is 16.5. The second-order valence-electron chi connectivity index (χ2n) is 7.18. The second-order valence-corrected chi connectivity index (χ2v) is 7.18. The van der Waals surface area contributed by atoms with Crippen molar-refractivity contribution in [3.05, 3.63) is 54.1 Å². The minimum atomic E-state index is 0.223. The Bertz CT molecular complexity index is 956. The molecular formula is C22H26N4O2. The van der Waals surface area contributed by atoms with Crippen LogP contribution >= 0.6 is 0 Å². The highest BCUT2D eigenvalue weighted by Gasteiger charge is 2.23. The molecule has 4 rings (SSSR count). The van der Waals surface area contributed by atoms with Crippen LogP contribution in [-0.4, -0.2) is 53.6 Å². The van der Waals surface area contributed by atoms with Gasteiger partial charge in [-0.25, -0.2) is 4.98 Å². The van der Waals surface area contributed by atoms with Crippen molar-refractivity contribution in [1.29, 1.82) is 0 Å².